The molecule has 16 heavy (non-hydrogen) atoms. The predicted octanol–water partition coefficient (Wildman–Crippen LogP) is 2.98. The van der Waals surface area contributed by atoms with Crippen LogP contribution in [-0.4, -0.2) is 13.0 Å². The molecular formula is C12H17NO2S. The second kappa shape index (κ2) is 5.37. The van der Waals surface area contributed by atoms with E-state index in [4.69, 9.17) is 4.18 Å². The van der Waals surface area contributed by atoms with Gasteiger partial charge in [-0.05, 0) is 12.1 Å². The summed E-state index contributed by atoms with van der Waals surface area (Å²) >= 11 is 0. The molecule has 88 valence electrons. The first-order valence-electron chi connectivity index (χ1n) is 5.05. The average Bonchev–Trinajstić information content (AvgIpc) is 2.25. The quantitative estimate of drug-likeness (QED) is 0.795. The Morgan fingerprint density at radius 3 is 2.25 bits per heavy atom. The van der Waals surface area contributed by atoms with Crippen molar-refractivity contribution in [2.45, 2.75) is 25.7 Å². The number of hydrogen-bond donors (Lipinski definition) is 0. The zero-order chi connectivity index (χ0) is 12.2. The van der Waals surface area contributed by atoms with E-state index in [1.807, 2.05) is 51.1 Å². The van der Waals surface area contributed by atoms with Gasteiger partial charge in [-0.1, -0.05) is 39.0 Å². The van der Waals surface area contributed by atoms with E-state index in [0.29, 0.717) is 0 Å². The molecule has 4 heteroatoms. The molecule has 0 saturated heterocycles. The zero-order valence-corrected chi connectivity index (χ0v) is 10.9. The van der Waals surface area contributed by atoms with Gasteiger partial charge in [-0.25, -0.2) is 0 Å². The first-order valence-corrected chi connectivity index (χ1v) is 6.16. The van der Waals surface area contributed by atoms with Crippen LogP contribution in [0.3, 0.4) is 0 Å². The third-order valence-corrected chi connectivity index (χ3v) is 3.23. The molecule has 0 bridgehead atoms. The fourth-order valence-electron chi connectivity index (χ4n) is 0.935. The summed E-state index contributed by atoms with van der Waals surface area (Å²) in [7, 11) is 0.769. The average molecular weight is 239 g/mol. The molecule has 1 aromatic carbocycles. The van der Waals surface area contributed by atoms with Crippen molar-refractivity contribution in [1.82, 2.24) is 0 Å². The molecule has 0 saturated carbocycles. The fourth-order valence-corrected chi connectivity index (χ4v) is 2.12. The Kier molecular flexibility index (Phi) is 4.38. The Labute approximate surface area is 99.1 Å². The van der Waals surface area contributed by atoms with Crippen LogP contribution in [0.15, 0.2) is 39.6 Å². The van der Waals surface area contributed by atoms with Gasteiger partial charge in [0.1, 0.15) is 0 Å². The second-order valence-electron chi connectivity index (χ2n) is 4.38. The van der Waals surface area contributed by atoms with Crippen molar-refractivity contribution in [1.29, 1.82) is 0 Å². The highest BCUT2D eigenvalue weighted by Crippen LogP contribution is 2.18. The molecule has 1 rings (SSSR count). The predicted molar refractivity (Wildman–Crippen MR) is 66.0 cm³/mol. The number of carbonyl (C=O) groups excluding carboxylic acids is 1. The highest BCUT2D eigenvalue weighted by atomic mass is 32.2. The molecule has 0 heterocycles. The second-order valence-corrected chi connectivity index (χ2v) is 5.86. The van der Waals surface area contributed by atoms with E-state index in [2.05, 4.69) is 4.36 Å². The zero-order valence-electron chi connectivity index (χ0n) is 10.1. The first kappa shape index (κ1) is 13.1. The van der Waals surface area contributed by atoms with Gasteiger partial charge in [-0.15, -0.1) is 0 Å². The van der Waals surface area contributed by atoms with Crippen LogP contribution in [0.5, 0.6) is 0 Å². The number of carbonyl (C=O) groups is 1. The minimum Gasteiger partial charge on any atom is -0.305 e. The minimum absolute atomic E-state index is 0.137. The van der Waals surface area contributed by atoms with Crippen molar-refractivity contribution < 1.29 is 8.98 Å². The molecule has 3 nitrogen and oxygen atoms in total. The number of nitrogens with zero attached hydrogens (tertiary/aromatic N) is 1. The molecule has 0 aliphatic heterocycles. The van der Waals surface area contributed by atoms with Crippen LogP contribution in [0.1, 0.15) is 20.8 Å². The summed E-state index contributed by atoms with van der Waals surface area (Å²) in [6.07, 6.45) is 0. The summed E-state index contributed by atoms with van der Waals surface area (Å²) in [5.74, 6) is -0.137. The highest BCUT2D eigenvalue weighted by molar-refractivity contribution is 7.82. The van der Waals surface area contributed by atoms with Crippen LogP contribution >= 0.6 is 0 Å². The van der Waals surface area contributed by atoms with Gasteiger partial charge in [-0.2, -0.15) is 4.36 Å². The molecular weight excluding hydrogens is 222 g/mol. The molecule has 0 aliphatic carbocycles. The smallest absolute Gasteiger partial charge is 0.259 e. The fraction of sp³-hybridized carbons (Fsp3) is 0.417. The van der Waals surface area contributed by atoms with Crippen LogP contribution in [0, 0.1) is 5.41 Å². The van der Waals surface area contributed by atoms with Gasteiger partial charge in [0.15, 0.2) is 0 Å². The molecule has 1 unspecified atom stereocenters. The van der Waals surface area contributed by atoms with E-state index < -0.39 is 16.4 Å². The van der Waals surface area contributed by atoms with E-state index in [1.165, 1.54) is 0 Å². The van der Waals surface area contributed by atoms with Gasteiger partial charge in [0.05, 0.1) is 18.1 Å². The summed E-state index contributed by atoms with van der Waals surface area (Å²) in [5, 5.41) is 0. The SMILES string of the molecule is COS(=NC(=O)C(C)(C)C)c1ccccc1. The van der Waals surface area contributed by atoms with E-state index in [9.17, 15) is 4.79 Å². The number of benzene rings is 1. The Hall–Kier alpha value is -1.00. The molecule has 0 aromatic heterocycles. The Morgan fingerprint density at radius 1 is 1.25 bits per heavy atom. The van der Waals surface area contributed by atoms with E-state index >= 15 is 0 Å². The normalized spacial score (nSPS) is 13.8. The highest BCUT2D eigenvalue weighted by Gasteiger charge is 2.21. The molecule has 1 amide bonds. The van der Waals surface area contributed by atoms with Crippen LogP contribution < -0.4 is 0 Å². The van der Waals surface area contributed by atoms with Gasteiger partial charge in [-0.3, -0.25) is 4.79 Å². The van der Waals surface area contributed by atoms with Crippen molar-refractivity contribution in [2.24, 2.45) is 9.78 Å². The van der Waals surface area contributed by atoms with E-state index in [1.54, 1.807) is 7.11 Å². The van der Waals surface area contributed by atoms with Crippen molar-refractivity contribution in [3.8, 4) is 0 Å². The summed E-state index contributed by atoms with van der Waals surface area (Å²) in [6.45, 7) is 5.54. The van der Waals surface area contributed by atoms with Crippen molar-refractivity contribution in [2.75, 3.05) is 7.11 Å². The number of hydrogen-bond acceptors (Lipinski definition) is 2. The molecule has 0 spiro atoms. The van der Waals surface area contributed by atoms with E-state index in [0.717, 1.165) is 4.90 Å². The minimum atomic E-state index is -0.796. The van der Waals surface area contributed by atoms with Crippen molar-refractivity contribution in [3.63, 3.8) is 0 Å². The number of amides is 1. The monoisotopic (exact) mass is 239 g/mol. The molecule has 0 aliphatic rings. The number of rotatable bonds is 2. The molecule has 0 fully saturated rings. The third kappa shape index (κ3) is 3.54. The first-order chi connectivity index (χ1) is 7.45. The molecule has 0 radical (unpaired) electrons. The lowest BCUT2D eigenvalue weighted by Crippen LogP contribution is -2.18. The van der Waals surface area contributed by atoms with Crippen LogP contribution in [-0.2, 0) is 19.9 Å². The lowest BCUT2D eigenvalue weighted by molar-refractivity contribution is -0.124. The molecule has 1 aromatic rings. The van der Waals surface area contributed by atoms with Crippen LogP contribution in [0.25, 0.3) is 0 Å². The van der Waals surface area contributed by atoms with Gasteiger partial charge in [0.2, 0.25) is 0 Å². The summed E-state index contributed by atoms with van der Waals surface area (Å²) in [5.41, 5.74) is -0.460. The van der Waals surface area contributed by atoms with Crippen molar-refractivity contribution >= 4 is 16.9 Å². The Bertz CT molecular complexity index is 393. The van der Waals surface area contributed by atoms with Gasteiger partial charge in [0, 0.05) is 10.3 Å². The lowest BCUT2D eigenvalue weighted by Gasteiger charge is -2.13. The molecule has 1 atom stereocenters. The maximum absolute atomic E-state index is 11.8. The van der Waals surface area contributed by atoms with Gasteiger partial charge < -0.3 is 4.18 Å². The van der Waals surface area contributed by atoms with Crippen molar-refractivity contribution in [3.05, 3.63) is 30.3 Å². The third-order valence-electron chi connectivity index (χ3n) is 1.91. The Morgan fingerprint density at radius 2 is 1.81 bits per heavy atom. The largest absolute Gasteiger partial charge is 0.305 e. The topological polar surface area (TPSA) is 38.7 Å². The maximum Gasteiger partial charge on any atom is 0.259 e. The molecule has 0 N–H and O–H groups in total. The Balaban J connectivity index is 3.00. The summed E-state index contributed by atoms with van der Waals surface area (Å²) < 4.78 is 9.35. The van der Waals surface area contributed by atoms with Crippen LogP contribution in [0.4, 0.5) is 0 Å². The summed E-state index contributed by atoms with van der Waals surface area (Å²) in [4.78, 5) is 12.7. The van der Waals surface area contributed by atoms with Crippen LogP contribution in [0.2, 0.25) is 0 Å². The summed E-state index contributed by atoms with van der Waals surface area (Å²) in [6, 6.07) is 9.56. The van der Waals surface area contributed by atoms with Gasteiger partial charge in [0.25, 0.3) is 5.91 Å². The van der Waals surface area contributed by atoms with Gasteiger partial charge >= 0.3 is 0 Å². The maximum atomic E-state index is 11.8. The standard InChI is InChI=1S/C12H17NO2S/c1-12(2,3)11(14)13-16(15-4)10-8-6-5-7-9-10/h5-9H,1-4H3. The lowest BCUT2D eigenvalue weighted by atomic mass is 9.96. The van der Waals surface area contributed by atoms with E-state index in [-0.39, 0.29) is 5.91 Å².